The number of ketones is 1. The fraction of sp³-hybridized carbons (Fsp3) is 0.125. The second-order valence-electron chi connectivity index (χ2n) is 4.73. The number of rotatable bonds is 4. The maximum atomic E-state index is 12.3. The zero-order valence-electron chi connectivity index (χ0n) is 12.0. The molecule has 0 heterocycles. The Bertz CT molecular complexity index is 862. The lowest BCUT2D eigenvalue weighted by Crippen LogP contribution is -2.12. The van der Waals surface area contributed by atoms with E-state index in [1.165, 1.54) is 43.3 Å². The number of aryl methyl sites for hydroxylation is 1. The topological polar surface area (TPSA) is 84.2 Å². The highest BCUT2D eigenvalue weighted by Crippen LogP contribution is 2.25. The number of hydrogen-bond donors (Lipinski definition) is 0. The minimum absolute atomic E-state index is 0.00291. The lowest BCUT2D eigenvalue weighted by atomic mass is 10.1. The second-order valence-corrected chi connectivity index (χ2v) is 6.28. The average Bonchev–Trinajstić information content (AvgIpc) is 2.46. The fourth-order valence-electron chi connectivity index (χ4n) is 1.85. The Hall–Kier alpha value is -2.65. The fourth-order valence-corrected chi connectivity index (χ4v) is 2.79. The van der Waals surface area contributed by atoms with Gasteiger partial charge in [-0.1, -0.05) is 6.07 Å². The van der Waals surface area contributed by atoms with Crippen molar-refractivity contribution < 1.29 is 17.4 Å². The number of Topliss-reactive ketones (excluding diaryl/α,β-unsaturated/α-hetero) is 1. The van der Waals surface area contributed by atoms with Crippen LogP contribution in [-0.2, 0) is 10.1 Å². The lowest BCUT2D eigenvalue weighted by Gasteiger charge is -2.11. The van der Waals surface area contributed by atoms with Crippen LogP contribution in [0.2, 0.25) is 0 Å². The molecule has 0 saturated heterocycles. The second kappa shape index (κ2) is 6.00. The summed E-state index contributed by atoms with van der Waals surface area (Å²) < 4.78 is 29.6. The highest BCUT2D eigenvalue weighted by atomic mass is 32.2. The molecule has 6 heteroatoms. The molecule has 0 N–H and O–H groups in total. The van der Waals surface area contributed by atoms with E-state index in [1.807, 2.05) is 6.07 Å². The van der Waals surface area contributed by atoms with E-state index in [1.54, 1.807) is 13.0 Å². The van der Waals surface area contributed by atoms with Gasteiger partial charge in [-0.05, 0) is 55.8 Å². The van der Waals surface area contributed by atoms with Gasteiger partial charge in [-0.25, -0.2) is 0 Å². The monoisotopic (exact) mass is 315 g/mol. The molecule has 0 bridgehead atoms. The predicted octanol–water partition coefficient (Wildman–Crippen LogP) is 2.84. The van der Waals surface area contributed by atoms with E-state index in [4.69, 9.17) is 9.44 Å². The first kappa shape index (κ1) is 15.7. The van der Waals surface area contributed by atoms with Crippen molar-refractivity contribution in [2.24, 2.45) is 0 Å². The summed E-state index contributed by atoms with van der Waals surface area (Å²) in [5.74, 6) is -0.290. The summed E-state index contributed by atoms with van der Waals surface area (Å²) in [7, 11) is -4.07. The van der Waals surface area contributed by atoms with Crippen molar-refractivity contribution in [3.63, 3.8) is 0 Å². The Labute approximate surface area is 128 Å². The van der Waals surface area contributed by atoms with Crippen LogP contribution in [0.15, 0.2) is 47.4 Å². The van der Waals surface area contributed by atoms with E-state index in [0.717, 1.165) is 5.56 Å². The summed E-state index contributed by atoms with van der Waals surface area (Å²) >= 11 is 0. The van der Waals surface area contributed by atoms with Crippen LogP contribution in [-0.4, -0.2) is 14.2 Å². The molecule has 2 aromatic carbocycles. The van der Waals surface area contributed by atoms with E-state index >= 15 is 0 Å². The van der Waals surface area contributed by atoms with Gasteiger partial charge in [0, 0.05) is 0 Å². The maximum absolute atomic E-state index is 12.3. The molecular formula is C16H13NO4S. The van der Waals surface area contributed by atoms with Crippen LogP contribution in [0.1, 0.15) is 28.4 Å². The van der Waals surface area contributed by atoms with Gasteiger partial charge in [0.2, 0.25) is 0 Å². The SMILES string of the molecule is CC(=O)c1ccc(C)cc1OS(=O)(=O)c1ccc(C#N)cc1. The summed E-state index contributed by atoms with van der Waals surface area (Å²) in [5.41, 5.74) is 1.32. The third-order valence-electron chi connectivity index (χ3n) is 2.99. The van der Waals surface area contributed by atoms with Gasteiger partial charge < -0.3 is 4.18 Å². The molecule has 2 aromatic rings. The van der Waals surface area contributed by atoms with Crippen LogP contribution in [0, 0.1) is 18.3 Å². The normalized spacial score (nSPS) is 10.8. The molecule has 5 nitrogen and oxygen atoms in total. The number of nitrogens with zero attached hydrogens (tertiary/aromatic N) is 1. The summed E-state index contributed by atoms with van der Waals surface area (Å²) in [6, 6.07) is 12.0. The summed E-state index contributed by atoms with van der Waals surface area (Å²) in [6.07, 6.45) is 0. The highest BCUT2D eigenvalue weighted by Gasteiger charge is 2.20. The molecule has 0 aliphatic rings. The molecule has 0 fully saturated rings. The predicted molar refractivity (Wildman–Crippen MR) is 80.2 cm³/mol. The van der Waals surface area contributed by atoms with Gasteiger partial charge in [0.15, 0.2) is 11.5 Å². The Balaban J connectivity index is 2.42. The Morgan fingerprint density at radius 2 is 1.77 bits per heavy atom. The molecular weight excluding hydrogens is 302 g/mol. The highest BCUT2D eigenvalue weighted by molar-refractivity contribution is 7.87. The van der Waals surface area contributed by atoms with Gasteiger partial charge in [-0.15, -0.1) is 0 Å². The Morgan fingerprint density at radius 3 is 2.32 bits per heavy atom. The molecule has 0 unspecified atom stereocenters. The van der Waals surface area contributed by atoms with Crippen LogP contribution in [0.5, 0.6) is 5.75 Å². The van der Waals surface area contributed by atoms with E-state index in [0.29, 0.717) is 5.56 Å². The first-order valence-corrected chi connectivity index (χ1v) is 7.80. The van der Waals surface area contributed by atoms with Crippen molar-refractivity contribution in [2.45, 2.75) is 18.7 Å². The first-order valence-electron chi connectivity index (χ1n) is 6.40. The van der Waals surface area contributed by atoms with Gasteiger partial charge in [0.25, 0.3) is 0 Å². The first-order chi connectivity index (χ1) is 10.3. The van der Waals surface area contributed by atoms with E-state index < -0.39 is 10.1 Å². The van der Waals surface area contributed by atoms with Gasteiger partial charge in [-0.3, -0.25) is 4.79 Å². The number of carbonyl (C=O) groups is 1. The minimum Gasteiger partial charge on any atom is -0.378 e. The van der Waals surface area contributed by atoms with Crippen LogP contribution >= 0.6 is 0 Å². The number of carbonyl (C=O) groups excluding carboxylic acids is 1. The zero-order valence-corrected chi connectivity index (χ0v) is 12.8. The van der Waals surface area contributed by atoms with Gasteiger partial charge in [0.1, 0.15) is 4.90 Å². The van der Waals surface area contributed by atoms with Crippen molar-refractivity contribution >= 4 is 15.9 Å². The summed E-state index contributed by atoms with van der Waals surface area (Å²) in [5, 5.41) is 8.73. The van der Waals surface area contributed by atoms with Crippen molar-refractivity contribution in [1.82, 2.24) is 0 Å². The molecule has 112 valence electrons. The van der Waals surface area contributed by atoms with Crippen LogP contribution in [0.3, 0.4) is 0 Å². The quantitative estimate of drug-likeness (QED) is 0.640. The standard InChI is InChI=1S/C16H13NO4S/c1-11-3-8-15(12(2)18)16(9-11)21-22(19,20)14-6-4-13(10-17)5-7-14/h3-9H,1-2H3. The summed E-state index contributed by atoms with van der Waals surface area (Å²) in [4.78, 5) is 11.5. The number of benzene rings is 2. The molecule has 0 atom stereocenters. The number of nitriles is 1. The molecule has 2 rings (SSSR count). The zero-order chi connectivity index (χ0) is 16.3. The molecule has 22 heavy (non-hydrogen) atoms. The molecule has 0 spiro atoms. The lowest BCUT2D eigenvalue weighted by molar-refractivity contribution is 0.101. The molecule has 0 aliphatic carbocycles. The molecule has 0 aromatic heterocycles. The van der Waals surface area contributed by atoms with Crippen molar-refractivity contribution in [3.8, 4) is 11.8 Å². The number of hydrogen-bond acceptors (Lipinski definition) is 5. The Kier molecular flexibility index (Phi) is 4.29. The van der Waals surface area contributed by atoms with E-state index in [-0.39, 0.29) is 22.0 Å². The van der Waals surface area contributed by atoms with Crippen molar-refractivity contribution in [2.75, 3.05) is 0 Å². The van der Waals surface area contributed by atoms with Gasteiger partial charge >= 0.3 is 10.1 Å². The third kappa shape index (κ3) is 3.32. The van der Waals surface area contributed by atoms with E-state index in [9.17, 15) is 13.2 Å². The minimum atomic E-state index is -4.07. The van der Waals surface area contributed by atoms with Gasteiger partial charge in [0.05, 0.1) is 17.2 Å². The molecule has 0 radical (unpaired) electrons. The van der Waals surface area contributed by atoms with E-state index in [2.05, 4.69) is 0 Å². The largest absolute Gasteiger partial charge is 0.378 e. The van der Waals surface area contributed by atoms with Crippen molar-refractivity contribution in [3.05, 3.63) is 59.2 Å². The average molecular weight is 315 g/mol. The van der Waals surface area contributed by atoms with Crippen LogP contribution in [0.4, 0.5) is 0 Å². The Morgan fingerprint density at radius 1 is 1.14 bits per heavy atom. The molecule has 0 aliphatic heterocycles. The van der Waals surface area contributed by atoms with Crippen LogP contribution < -0.4 is 4.18 Å². The molecule has 0 amide bonds. The third-order valence-corrected chi connectivity index (χ3v) is 4.24. The van der Waals surface area contributed by atoms with Gasteiger partial charge in [-0.2, -0.15) is 13.7 Å². The summed E-state index contributed by atoms with van der Waals surface area (Å²) in [6.45, 7) is 3.11. The van der Waals surface area contributed by atoms with Crippen molar-refractivity contribution in [1.29, 1.82) is 5.26 Å². The molecule has 0 saturated carbocycles. The maximum Gasteiger partial charge on any atom is 0.339 e. The van der Waals surface area contributed by atoms with Crippen LogP contribution in [0.25, 0.3) is 0 Å². The smallest absolute Gasteiger partial charge is 0.339 e.